The van der Waals surface area contributed by atoms with Crippen LogP contribution >= 0.6 is 0 Å². The quantitative estimate of drug-likeness (QED) is 0.248. The summed E-state index contributed by atoms with van der Waals surface area (Å²) in [4.78, 5) is 0. The zero-order valence-electron chi connectivity index (χ0n) is 9.85. The standard InChI is InChI=1S/C10H21NO7/c12-2-5(3-13)11-6-1-10(18,4-14)9(17)8(16)7(6)15/h5-9,11-18H,1-4H2/t6-,7+,8-,9+,10+/m1/s1. The van der Waals surface area contributed by atoms with Crippen LogP contribution in [0, 0.1) is 0 Å². The van der Waals surface area contributed by atoms with Gasteiger partial charge >= 0.3 is 0 Å². The van der Waals surface area contributed by atoms with E-state index < -0.39 is 55.8 Å². The molecule has 1 rings (SSSR count). The number of hydrogen-bond donors (Lipinski definition) is 8. The van der Waals surface area contributed by atoms with Crippen LogP contribution in [0.2, 0.25) is 0 Å². The lowest BCUT2D eigenvalue weighted by Gasteiger charge is -2.46. The number of aliphatic hydroxyl groups is 7. The molecule has 108 valence electrons. The molecule has 0 aromatic heterocycles. The molecule has 0 amide bonds. The highest BCUT2D eigenvalue weighted by Gasteiger charge is 2.51. The molecule has 0 radical (unpaired) electrons. The first-order valence-electron chi connectivity index (χ1n) is 5.74. The summed E-state index contributed by atoms with van der Waals surface area (Å²) in [5.74, 6) is 0. The Morgan fingerprint density at radius 3 is 2.06 bits per heavy atom. The van der Waals surface area contributed by atoms with Crippen molar-refractivity contribution in [3.05, 3.63) is 0 Å². The van der Waals surface area contributed by atoms with Crippen molar-refractivity contribution in [3.63, 3.8) is 0 Å². The molecule has 8 heteroatoms. The van der Waals surface area contributed by atoms with Gasteiger partial charge in [-0.05, 0) is 6.42 Å². The number of aliphatic hydroxyl groups excluding tert-OH is 6. The summed E-state index contributed by atoms with van der Waals surface area (Å²) in [7, 11) is 0. The average Bonchev–Trinajstić information content (AvgIpc) is 2.39. The fourth-order valence-electron chi connectivity index (χ4n) is 2.15. The minimum Gasteiger partial charge on any atom is -0.395 e. The molecule has 8 N–H and O–H groups in total. The van der Waals surface area contributed by atoms with Gasteiger partial charge in [-0.25, -0.2) is 0 Å². The molecule has 0 aromatic carbocycles. The summed E-state index contributed by atoms with van der Waals surface area (Å²) in [5.41, 5.74) is -1.94. The van der Waals surface area contributed by atoms with Crippen molar-refractivity contribution in [2.75, 3.05) is 19.8 Å². The second kappa shape index (κ2) is 6.22. The van der Waals surface area contributed by atoms with Crippen LogP contribution in [-0.2, 0) is 0 Å². The van der Waals surface area contributed by atoms with Crippen molar-refractivity contribution in [3.8, 4) is 0 Å². The van der Waals surface area contributed by atoms with Crippen LogP contribution in [-0.4, -0.2) is 91.6 Å². The summed E-state index contributed by atoms with van der Waals surface area (Å²) in [6.07, 6.45) is -4.91. The van der Waals surface area contributed by atoms with E-state index in [1.54, 1.807) is 0 Å². The lowest BCUT2D eigenvalue weighted by Crippen LogP contribution is -2.68. The Bertz CT molecular complexity index is 263. The largest absolute Gasteiger partial charge is 0.395 e. The molecule has 1 aliphatic carbocycles. The minimum atomic E-state index is -1.94. The van der Waals surface area contributed by atoms with Crippen molar-refractivity contribution in [2.24, 2.45) is 0 Å². The van der Waals surface area contributed by atoms with Crippen molar-refractivity contribution < 1.29 is 35.7 Å². The Kier molecular flexibility index (Phi) is 5.44. The normalized spacial score (nSPS) is 41.3. The van der Waals surface area contributed by atoms with Crippen molar-refractivity contribution in [1.29, 1.82) is 0 Å². The molecule has 0 spiro atoms. The molecule has 0 saturated heterocycles. The molecule has 5 atom stereocenters. The van der Waals surface area contributed by atoms with Crippen molar-refractivity contribution >= 4 is 0 Å². The smallest absolute Gasteiger partial charge is 0.118 e. The van der Waals surface area contributed by atoms with Crippen LogP contribution in [0.4, 0.5) is 0 Å². The molecule has 1 aliphatic rings. The second-order valence-corrected chi connectivity index (χ2v) is 4.73. The van der Waals surface area contributed by atoms with E-state index in [4.69, 9.17) is 15.3 Å². The Labute approximate surface area is 104 Å². The zero-order chi connectivity index (χ0) is 13.9. The third kappa shape index (κ3) is 2.98. The number of nitrogens with one attached hydrogen (secondary N) is 1. The highest BCUT2D eigenvalue weighted by molar-refractivity contribution is 5.05. The molecule has 0 bridgehead atoms. The van der Waals surface area contributed by atoms with E-state index in [0.29, 0.717) is 0 Å². The number of hydrogen-bond acceptors (Lipinski definition) is 8. The summed E-state index contributed by atoms with van der Waals surface area (Å²) < 4.78 is 0. The molecule has 0 heterocycles. The van der Waals surface area contributed by atoms with E-state index >= 15 is 0 Å². The van der Waals surface area contributed by atoms with Gasteiger partial charge in [-0.1, -0.05) is 0 Å². The van der Waals surface area contributed by atoms with Gasteiger partial charge in [-0.15, -0.1) is 0 Å². The van der Waals surface area contributed by atoms with Crippen LogP contribution < -0.4 is 5.32 Å². The van der Waals surface area contributed by atoms with Gasteiger partial charge in [-0.2, -0.15) is 0 Å². The molecule has 1 saturated carbocycles. The van der Waals surface area contributed by atoms with E-state index in [9.17, 15) is 20.4 Å². The van der Waals surface area contributed by atoms with E-state index in [-0.39, 0.29) is 6.42 Å². The van der Waals surface area contributed by atoms with Gasteiger partial charge in [-0.3, -0.25) is 0 Å². The van der Waals surface area contributed by atoms with Gasteiger partial charge in [0.05, 0.1) is 32.0 Å². The first-order chi connectivity index (χ1) is 8.39. The fourth-order valence-corrected chi connectivity index (χ4v) is 2.15. The molecule has 18 heavy (non-hydrogen) atoms. The molecule has 0 unspecified atom stereocenters. The SMILES string of the molecule is OCC(CO)N[C@@H]1C[C@](O)(CO)[C@@H](O)[C@H](O)[C@H]1O. The van der Waals surface area contributed by atoms with Gasteiger partial charge in [0.1, 0.15) is 17.8 Å². The summed E-state index contributed by atoms with van der Waals surface area (Å²) in [6, 6.07) is -1.60. The third-order valence-corrected chi connectivity index (χ3v) is 3.37. The van der Waals surface area contributed by atoms with Gasteiger partial charge in [0.25, 0.3) is 0 Å². The molecular weight excluding hydrogens is 246 g/mol. The Hall–Kier alpha value is -0.320. The number of rotatable bonds is 5. The van der Waals surface area contributed by atoms with E-state index in [0.717, 1.165) is 0 Å². The summed E-state index contributed by atoms with van der Waals surface area (Å²) in [5, 5.41) is 68.4. The minimum absolute atomic E-state index is 0.223. The van der Waals surface area contributed by atoms with E-state index in [1.807, 2.05) is 0 Å². The van der Waals surface area contributed by atoms with Crippen LogP contribution in [0.5, 0.6) is 0 Å². The van der Waals surface area contributed by atoms with Crippen LogP contribution in [0.15, 0.2) is 0 Å². The highest BCUT2D eigenvalue weighted by Crippen LogP contribution is 2.29. The predicted octanol–water partition coefficient (Wildman–Crippen LogP) is -4.49. The maximum atomic E-state index is 9.93. The maximum absolute atomic E-state index is 9.93. The second-order valence-electron chi connectivity index (χ2n) is 4.73. The topological polar surface area (TPSA) is 154 Å². The third-order valence-electron chi connectivity index (χ3n) is 3.37. The molecular formula is C10H21NO7. The van der Waals surface area contributed by atoms with Gasteiger partial charge in [0, 0.05) is 6.04 Å². The first kappa shape index (κ1) is 15.7. The van der Waals surface area contributed by atoms with Crippen LogP contribution in [0.1, 0.15) is 6.42 Å². The van der Waals surface area contributed by atoms with Gasteiger partial charge < -0.3 is 41.1 Å². The molecule has 1 fully saturated rings. The monoisotopic (exact) mass is 267 g/mol. The summed E-state index contributed by atoms with van der Waals surface area (Å²) >= 11 is 0. The zero-order valence-corrected chi connectivity index (χ0v) is 9.85. The van der Waals surface area contributed by atoms with Crippen LogP contribution in [0.3, 0.4) is 0 Å². The molecule has 0 aromatic rings. The molecule has 0 aliphatic heterocycles. The Morgan fingerprint density at radius 2 is 1.61 bits per heavy atom. The van der Waals surface area contributed by atoms with Gasteiger partial charge in [0.2, 0.25) is 0 Å². The van der Waals surface area contributed by atoms with Crippen molar-refractivity contribution in [2.45, 2.75) is 42.4 Å². The average molecular weight is 267 g/mol. The van der Waals surface area contributed by atoms with E-state index in [1.165, 1.54) is 0 Å². The predicted molar refractivity (Wildman–Crippen MR) is 59.6 cm³/mol. The van der Waals surface area contributed by atoms with E-state index in [2.05, 4.69) is 5.32 Å². The summed E-state index contributed by atoms with van der Waals surface area (Å²) in [6.45, 7) is -1.56. The Morgan fingerprint density at radius 1 is 1.06 bits per heavy atom. The lowest BCUT2D eigenvalue weighted by molar-refractivity contribution is -0.207. The van der Waals surface area contributed by atoms with Crippen molar-refractivity contribution in [1.82, 2.24) is 5.32 Å². The fraction of sp³-hybridized carbons (Fsp3) is 1.00. The van der Waals surface area contributed by atoms with Gasteiger partial charge in [0.15, 0.2) is 0 Å². The lowest BCUT2D eigenvalue weighted by atomic mass is 9.76. The molecule has 8 nitrogen and oxygen atoms in total. The van der Waals surface area contributed by atoms with Crippen LogP contribution in [0.25, 0.3) is 0 Å². The highest BCUT2D eigenvalue weighted by atomic mass is 16.4. The maximum Gasteiger partial charge on any atom is 0.118 e. The Balaban J connectivity index is 2.79. The first-order valence-corrected chi connectivity index (χ1v) is 5.74.